The van der Waals surface area contributed by atoms with Crippen LogP contribution in [0, 0.1) is 0 Å². The third-order valence-electron chi connectivity index (χ3n) is 3.83. The lowest BCUT2D eigenvalue weighted by Gasteiger charge is -2.31. The summed E-state index contributed by atoms with van der Waals surface area (Å²) in [6, 6.07) is 0. The van der Waals surface area contributed by atoms with Crippen molar-refractivity contribution in [1.82, 2.24) is 4.90 Å². The molecule has 0 aromatic heterocycles. The lowest BCUT2D eigenvalue weighted by atomic mass is 9.97. The minimum atomic E-state index is -1.50. The molecule has 5 N–H and O–H groups in total. The number of rotatable bonds is 3. The third-order valence-corrected chi connectivity index (χ3v) is 4.09. The highest BCUT2D eigenvalue weighted by Gasteiger charge is 2.55. The number of fused-ring (bicyclic) bond motifs is 1. The van der Waals surface area contributed by atoms with Gasteiger partial charge in [0.25, 0.3) is 5.91 Å². The number of hydrogen-bond donors (Lipinski definition) is 4. The highest BCUT2D eigenvalue weighted by atomic mass is 79.9. The van der Waals surface area contributed by atoms with Crippen LogP contribution in [0.2, 0.25) is 0 Å². The smallest absolute Gasteiger partial charge is 0.288 e. The molecular weight excluding hydrogens is 374 g/mol. The molecular formula is C12H14BrN5O5. The topological polar surface area (TPSA) is 153 Å². The average Bonchev–Trinajstić information content (AvgIpc) is 3.00. The number of aliphatic imine (C=N–C) groups is 3. The van der Waals surface area contributed by atoms with Crippen LogP contribution in [0.15, 0.2) is 26.0 Å². The van der Waals surface area contributed by atoms with E-state index in [9.17, 15) is 20.1 Å². The number of guanidine groups is 1. The first kappa shape index (κ1) is 16.2. The molecule has 10 nitrogen and oxygen atoms in total. The zero-order valence-corrected chi connectivity index (χ0v) is 13.2. The molecule has 0 spiro atoms. The van der Waals surface area contributed by atoms with Gasteiger partial charge in [-0.2, -0.15) is 9.98 Å². The Morgan fingerprint density at radius 1 is 1.43 bits per heavy atom. The van der Waals surface area contributed by atoms with E-state index < -0.39 is 42.6 Å². The monoisotopic (exact) mass is 387 g/mol. The van der Waals surface area contributed by atoms with E-state index in [2.05, 4.69) is 30.9 Å². The van der Waals surface area contributed by atoms with E-state index in [1.54, 1.807) is 0 Å². The Hall–Kier alpha value is -1.66. The van der Waals surface area contributed by atoms with Crippen molar-refractivity contribution >= 4 is 40.0 Å². The van der Waals surface area contributed by atoms with Crippen molar-refractivity contribution in [2.45, 2.75) is 30.1 Å². The quantitative estimate of drug-likeness (QED) is 0.423. The van der Waals surface area contributed by atoms with Crippen molar-refractivity contribution in [2.24, 2.45) is 20.7 Å². The van der Waals surface area contributed by atoms with Crippen molar-refractivity contribution in [1.29, 1.82) is 0 Å². The molecule has 3 aliphatic rings. The molecule has 1 unspecified atom stereocenters. The number of amidine groups is 1. The number of ether oxygens (including phenoxy) is 1. The molecule has 0 radical (unpaired) electrons. The van der Waals surface area contributed by atoms with Gasteiger partial charge < -0.3 is 25.8 Å². The number of hydrogen-bond acceptors (Lipinski definition) is 9. The van der Waals surface area contributed by atoms with Crippen LogP contribution in [0.5, 0.6) is 0 Å². The fourth-order valence-electron chi connectivity index (χ4n) is 2.66. The first-order chi connectivity index (χ1) is 10.9. The van der Waals surface area contributed by atoms with Crippen molar-refractivity contribution < 1.29 is 24.9 Å². The molecule has 0 aromatic rings. The van der Waals surface area contributed by atoms with Crippen LogP contribution in [0.3, 0.4) is 0 Å². The molecule has 1 fully saturated rings. The second-order valence-corrected chi connectivity index (χ2v) is 5.68. The summed E-state index contributed by atoms with van der Waals surface area (Å²) in [4.78, 5) is 26.8. The minimum Gasteiger partial charge on any atom is -0.394 e. The van der Waals surface area contributed by atoms with E-state index in [1.165, 1.54) is 22.3 Å². The van der Waals surface area contributed by atoms with Gasteiger partial charge in [-0.15, -0.1) is 0 Å². The molecule has 0 bridgehead atoms. The molecule has 1 amide bonds. The van der Waals surface area contributed by atoms with E-state index >= 15 is 0 Å². The molecule has 0 aromatic carbocycles. The molecule has 0 saturated carbocycles. The highest BCUT2D eigenvalue weighted by Crippen LogP contribution is 2.33. The zero-order valence-electron chi connectivity index (χ0n) is 11.7. The number of aliphatic hydroxyl groups excluding tert-OH is 3. The number of nitrogens with two attached hydrogens (primary N) is 1. The molecule has 23 heavy (non-hydrogen) atoms. The van der Waals surface area contributed by atoms with E-state index in [-0.39, 0.29) is 11.8 Å². The molecule has 3 aliphatic heterocycles. The molecule has 3 heterocycles. The molecule has 5 atom stereocenters. The highest BCUT2D eigenvalue weighted by molar-refractivity contribution is 9.11. The van der Waals surface area contributed by atoms with Crippen molar-refractivity contribution in [2.75, 3.05) is 6.61 Å². The summed E-state index contributed by atoms with van der Waals surface area (Å²) in [7, 11) is 0. The number of aliphatic hydroxyl groups is 3. The van der Waals surface area contributed by atoms with Crippen LogP contribution < -0.4 is 5.73 Å². The van der Waals surface area contributed by atoms with Gasteiger partial charge in [0.2, 0.25) is 11.5 Å². The zero-order chi connectivity index (χ0) is 16.8. The van der Waals surface area contributed by atoms with Crippen LogP contribution in [0.1, 0.15) is 0 Å². The minimum absolute atomic E-state index is 0.0977. The van der Waals surface area contributed by atoms with Crippen molar-refractivity contribution in [3.8, 4) is 0 Å². The maximum atomic E-state index is 12.3. The fraction of sp³-hybridized carbons (Fsp3) is 0.500. The van der Waals surface area contributed by atoms with Crippen LogP contribution in [0.4, 0.5) is 0 Å². The maximum absolute atomic E-state index is 12.3. The Labute approximate surface area is 138 Å². The van der Waals surface area contributed by atoms with Gasteiger partial charge in [-0.25, -0.2) is 4.99 Å². The van der Waals surface area contributed by atoms with Crippen LogP contribution in [-0.2, 0) is 9.53 Å². The van der Waals surface area contributed by atoms with Crippen molar-refractivity contribution in [3.05, 3.63) is 11.1 Å². The fourth-order valence-corrected chi connectivity index (χ4v) is 3.04. The largest absolute Gasteiger partial charge is 0.394 e. The summed E-state index contributed by atoms with van der Waals surface area (Å²) < 4.78 is 5.44. The summed E-state index contributed by atoms with van der Waals surface area (Å²) in [5.74, 6) is -0.785. The van der Waals surface area contributed by atoms with Crippen LogP contribution in [-0.4, -0.2) is 80.9 Å². The first-order valence-electron chi connectivity index (χ1n) is 6.66. The van der Waals surface area contributed by atoms with Gasteiger partial charge in [0.1, 0.15) is 18.3 Å². The van der Waals surface area contributed by atoms with Gasteiger partial charge in [0, 0.05) is 0 Å². The Morgan fingerprint density at radius 2 is 2.17 bits per heavy atom. The molecule has 11 heteroatoms. The standard InChI is InChI=1S/C12H14BrN5O5/c13-2-1-12-9(16-11(14)17-10(12)22)18(4-15-12)8-7(21)6(20)5(3-19)23-8/h1-2,4-8,19-21H,3H2,(H2,14,17,22)/t5-,6-,7-,8-,12?/m1/s1. The van der Waals surface area contributed by atoms with Gasteiger partial charge in [-0.1, -0.05) is 15.9 Å². The Kier molecular flexibility index (Phi) is 4.06. The Morgan fingerprint density at radius 3 is 2.78 bits per heavy atom. The van der Waals surface area contributed by atoms with Gasteiger partial charge >= 0.3 is 0 Å². The van der Waals surface area contributed by atoms with Gasteiger partial charge in [-0.05, 0) is 11.1 Å². The lowest BCUT2D eigenvalue weighted by molar-refractivity contribution is -0.119. The predicted octanol–water partition coefficient (Wildman–Crippen LogP) is -2.33. The molecule has 0 aliphatic carbocycles. The summed E-state index contributed by atoms with van der Waals surface area (Å²) in [6.45, 7) is -0.471. The molecule has 3 rings (SSSR count). The molecule has 124 valence electrons. The van der Waals surface area contributed by atoms with E-state index in [1.807, 2.05) is 0 Å². The van der Waals surface area contributed by atoms with E-state index in [4.69, 9.17) is 10.5 Å². The van der Waals surface area contributed by atoms with Gasteiger partial charge in [-0.3, -0.25) is 9.69 Å². The summed E-state index contributed by atoms with van der Waals surface area (Å²) >= 11 is 3.09. The third kappa shape index (κ3) is 2.32. The second kappa shape index (κ2) is 5.76. The lowest BCUT2D eigenvalue weighted by Crippen LogP contribution is -2.54. The first-order valence-corrected chi connectivity index (χ1v) is 7.58. The Balaban J connectivity index is 1.99. The van der Waals surface area contributed by atoms with E-state index in [0.29, 0.717) is 0 Å². The second-order valence-electron chi connectivity index (χ2n) is 5.15. The molecule has 1 saturated heterocycles. The van der Waals surface area contributed by atoms with Gasteiger partial charge in [0.05, 0.1) is 12.9 Å². The van der Waals surface area contributed by atoms with Crippen LogP contribution in [0.25, 0.3) is 0 Å². The van der Waals surface area contributed by atoms with Gasteiger partial charge in [0.15, 0.2) is 12.1 Å². The average molecular weight is 388 g/mol. The number of nitrogens with zero attached hydrogens (tertiary/aromatic N) is 4. The number of carbonyl (C=O) groups excluding carboxylic acids is 1. The Bertz CT molecular complexity index is 650. The number of halogens is 1. The maximum Gasteiger partial charge on any atom is 0.288 e. The predicted molar refractivity (Wildman–Crippen MR) is 83.0 cm³/mol. The summed E-state index contributed by atoms with van der Waals surface area (Å²) in [5, 5.41) is 29.2. The number of carbonyl (C=O) groups is 1. The van der Waals surface area contributed by atoms with Crippen LogP contribution >= 0.6 is 15.9 Å². The normalized spacial score (nSPS) is 39.8. The van der Waals surface area contributed by atoms with Crippen molar-refractivity contribution in [3.63, 3.8) is 0 Å². The number of amides is 1. The summed E-state index contributed by atoms with van der Waals surface area (Å²) in [5.41, 5.74) is 4.04. The summed E-state index contributed by atoms with van der Waals surface area (Å²) in [6.07, 6.45) is -1.96. The van der Waals surface area contributed by atoms with E-state index in [0.717, 1.165) is 0 Å². The SMILES string of the molecule is NC1=NC(=O)C2(C=CBr)N=CN([C@@H]3O[C@H](CO)[C@@H](O)[C@H]3O)C2=N1.